The van der Waals surface area contributed by atoms with Gasteiger partial charge in [-0.3, -0.25) is 0 Å². The topological polar surface area (TPSA) is 35.0 Å². The van der Waals surface area contributed by atoms with Gasteiger partial charge in [0.2, 0.25) is 5.88 Å². The van der Waals surface area contributed by atoms with E-state index >= 15 is 0 Å². The van der Waals surface area contributed by atoms with Gasteiger partial charge >= 0.3 is 0 Å². The minimum Gasteiger partial charge on any atom is -0.480 e. The first kappa shape index (κ1) is 11.4. The third-order valence-electron chi connectivity index (χ3n) is 2.14. The van der Waals surface area contributed by atoms with Crippen LogP contribution >= 0.6 is 0 Å². The summed E-state index contributed by atoms with van der Waals surface area (Å²) >= 11 is 0. The number of hydrogen-bond acceptors (Lipinski definition) is 3. The molecule has 0 aliphatic rings. The third-order valence-corrected chi connectivity index (χ3v) is 2.14. The molecule has 1 aromatic heterocycles. The highest BCUT2D eigenvalue weighted by molar-refractivity contribution is 5.64. The van der Waals surface area contributed by atoms with E-state index in [9.17, 15) is 13.2 Å². The zero-order valence-electron chi connectivity index (χ0n) is 8.75. The van der Waals surface area contributed by atoms with Crippen LogP contribution in [0.5, 0.6) is 5.88 Å². The molecule has 0 radical (unpaired) electrons. The van der Waals surface area contributed by atoms with Crippen LogP contribution in [0.2, 0.25) is 0 Å². The third kappa shape index (κ3) is 2.20. The van der Waals surface area contributed by atoms with Crippen LogP contribution in [-0.2, 0) is 0 Å². The van der Waals surface area contributed by atoms with Gasteiger partial charge in [-0.25, -0.2) is 13.2 Å². The van der Waals surface area contributed by atoms with Crippen molar-refractivity contribution in [1.29, 1.82) is 0 Å². The number of hydrogen-bond donors (Lipinski definition) is 0. The number of halogens is 3. The highest BCUT2D eigenvalue weighted by atomic mass is 19.1. The van der Waals surface area contributed by atoms with E-state index < -0.39 is 17.5 Å². The highest BCUT2D eigenvalue weighted by Gasteiger charge is 2.14. The number of methoxy groups -OCH3 is 1. The van der Waals surface area contributed by atoms with Gasteiger partial charge in [-0.2, -0.15) is 5.10 Å². The van der Waals surface area contributed by atoms with E-state index in [2.05, 4.69) is 10.2 Å². The van der Waals surface area contributed by atoms with Crippen molar-refractivity contribution in [3.05, 3.63) is 41.8 Å². The summed E-state index contributed by atoms with van der Waals surface area (Å²) in [5.41, 5.74) is -0.230. The Balaban J connectivity index is 2.60. The Morgan fingerprint density at radius 2 is 1.71 bits per heavy atom. The van der Waals surface area contributed by atoms with E-state index in [0.29, 0.717) is 12.1 Å². The lowest BCUT2D eigenvalue weighted by Crippen LogP contribution is -1.96. The number of rotatable bonds is 2. The largest absolute Gasteiger partial charge is 0.480 e. The molecule has 0 spiro atoms. The summed E-state index contributed by atoms with van der Waals surface area (Å²) in [6, 6.07) is 2.52. The number of benzene rings is 1. The van der Waals surface area contributed by atoms with Crippen LogP contribution in [0.25, 0.3) is 11.1 Å². The Morgan fingerprint density at radius 1 is 1.06 bits per heavy atom. The molecule has 2 rings (SSSR count). The van der Waals surface area contributed by atoms with Gasteiger partial charge in [-0.05, 0) is 0 Å². The fourth-order valence-corrected chi connectivity index (χ4v) is 1.40. The van der Waals surface area contributed by atoms with E-state index in [-0.39, 0.29) is 17.0 Å². The first-order chi connectivity index (χ1) is 8.11. The molecule has 6 heteroatoms. The van der Waals surface area contributed by atoms with Gasteiger partial charge in [0, 0.05) is 23.8 Å². The van der Waals surface area contributed by atoms with Crippen molar-refractivity contribution in [3.63, 3.8) is 0 Å². The molecule has 0 aliphatic heterocycles. The fourth-order valence-electron chi connectivity index (χ4n) is 1.40. The summed E-state index contributed by atoms with van der Waals surface area (Å²) in [5.74, 6) is -2.86. The zero-order valence-corrected chi connectivity index (χ0v) is 8.75. The molecule has 0 atom stereocenters. The van der Waals surface area contributed by atoms with Gasteiger partial charge in [0.05, 0.1) is 18.9 Å². The molecule has 1 heterocycles. The van der Waals surface area contributed by atoms with Crippen molar-refractivity contribution >= 4 is 0 Å². The first-order valence-electron chi connectivity index (χ1n) is 4.63. The van der Waals surface area contributed by atoms with Crippen LogP contribution in [0.3, 0.4) is 0 Å². The molecule has 1 aromatic carbocycles. The summed E-state index contributed by atoms with van der Waals surface area (Å²) in [6.07, 6.45) is 1.17. The predicted octanol–water partition coefficient (Wildman–Crippen LogP) is 2.57. The summed E-state index contributed by atoms with van der Waals surface area (Å²) < 4.78 is 44.5. The average molecular weight is 240 g/mol. The van der Waals surface area contributed by atoms with Crippen LogP contribution in [0, 0.1) is 17.5 Å². The Kier molecular flexibility index (Phi) is 2.95. The number of nitrogens with zero attached hydrogens (tertiary/aromatic N) is 2. The van der Waals surface area contributed by atoms with Gasteiger partial charge in [0.25, 0.3) is 0 Å². The number of aromatic nitrogens is 2. The van der Waals surface area contributed by atoms with E-state index in [1.165, 1.54) is 19.4 Å². The maximum Gasteiger partial charge on any atom is 0.233 e. The lowest BCUT2D eigenvalue weighted by molar-refractivity contribution is 0.392. The maximum absolute atomic E-state index is 13.5. The van der Waals surface area contributed by atoms with Crippen molar-refractivity contribution in [3.8, 4) is 17.0 Å². The van der Waals surface area contributed by atoms with Gasteiger partial charge in [-0.1, -0.05) is 0 Å². The van der Waals surface area contributed by atoms with Crippen molar-refractivity contribution in [1.82, 2.24) is 10.2 Å². The first-order valence-corrected chi connectivity index (χ1v) is 4.63. The van der Waals surface area contributed by atoms with Crippen molar-refractivity contribution in [2.45, 2.75) is 0 Å². The van der Waals surface area contributed by atoms with E-state index in [0.717, 1.165) is 0 Å². The van der Waals surface area contributed by atoms with Gasteiger partial charge in [-0.15, -0.1) is 5.10 Å². The molecule has 2 aromatic rings. The van der Waals surface area contributed by atoms with E-state index in [4.69, 9.17) is 4.74 Å². The molecular weight excluding hydrogens is 233 g/mol. The molecule has 3 nitrogen and oxygen atoms in total. The predicted molar refractivity (Wildman–Crippen MR) is 53.9 cm³/mol. The molecule has 0 bridgehead atoms. The second-order valence-electron chi connectivity index (χ2n) is 3.23. The molecule has 0 N–H and O–H groups in total. The molecule has 0 fully saturated rings. The molecule has 0 saturated carbocycles. The van der Waals surface area contributed by atoms with Crippen LogP contribution in [-0.4, -0.2) is 17.3 Å². The lowest BCUT2D eigenvalue weighted by Gasteiger charge is -2.05. The Morgan fingerprint density at radius 3 is 2.29 bits per heavy atom. The molecule has 88 valence electrons. The van der Waals surface area contributed by atoms with Crippen LogP contribution in [0.4, 0.5) is 13.2 Å². The summed E-state index contributed by atoms with van der Waals surface area (Å²) in [4.78, 5) is 0. The average Bonchev–Trinajstić information content (AvgIpc) is 2.28. The van der Waals surface area contributed by atoms with Crippen molar-refractivity contribution < 1.29 is 17.9 Å². The van der Waals surface area contributed by atoms with Crippen molar-refractivity contribution in [2.75, 3.05) is 7.11 Å². The smallest absolute Gasteiger partial charge is 0.233 e. The minimum absolute atomic E-state index is 0.116. The normalized spacial score (nSPS) is 10.4. The minimum atomic E-state index is -1.00. The molecular formula is C11H7F3N2O. The van der Waals surface area contributed by atoms with Gasteiger partial charge in [0.1, 0.15) is 17.5 Å². The standard InChI is InChI=1S/C11H7F3N2O/c1-17-10-2-6(5-15-16-10)11-8(13)3-7(12)4-9(11)14/h2-5H,1H3. The van der Waals surface area contributed by atoms with Gasteiger partial charge in [0.15, 0.2) is 0 Å². The van der Waals surface area contributed by atoms with Gasteiger partial charge < -0.3 is 4.74 Å². The summed E-state index contributed by atoms with van der Waals surface area (Å²) in [7, 11) is 1.35. The Bertz CT molecular complexity index is 537. The van der Waals surface area contributed by atoms with Crippen molar-refractivity contribution in [2.24, 2.45) is 0 Å². The second kappa shape index (κ2) is 4.40. The lowest BCUT2D eigenvalue weighted by atomic mass is 10.1. The monoisotopic (exact) mass is 240 g/mol. The highest BCUT2D eigenvalue weighted by Crippen LogP contribution is 2.27. The quantitative estimate of drug-likeness (QED) is 0.809. The molecule has 17 heavy (non-hydrogen) atoms. The van der Waals surface area contributed by atoms with Crippen LogP contribution < -0.4 is 4.74 Å². The molecule has 0 saturated heterocycles. The van der Waals surface area contributed by atoms with E-state index in [1.807, 2.05) is 0 Å². The SMILES string of the molecule is COc1cc(-c2c(F)cc(F)cc2F)cnn1. The Hall–Kier alpha value is -2.11. The molecule has 0 aliphatic carbocycles. The van der Waals surface area contributed by atoms with Crippen LogP contribution in [0.15, 0.2) is 24.4 Å². The van der Waals surface area contributed by atoms with Crippen LogP contribution in [0.1, 0.15) is 0 Å². The fraction of sp³-hybridized carbons (Fsp3) is 0.0909. The maximum atomic E-state index is 13.5. The summed E-state index contributed by atoms with van der Waals surface area (Å²) in [6.45, 7) is 0. The molecule has 0 amide bonds. The summed E-state index contributed by atoms with van der Waals surface area (Å²) in [5, 5.41) is 7.10. The zero-order chi connectivity index (χ0) is 12.4. The Labute approximate surface area is 94.9 Å². The second-order valence-corrected chi connectivity index (χ2v) is 3.23. The molecule has 0 unspecified atom stereocenters. The number of ether oxygens (including phenoxy) is 1. The van der Waals surface area contributed by atoms with E-state index in [1.54, 1.807) is 0 Å².